The lowest BCUT2D eigenvalue weighted by molar-refractivity contribution is -0.117. The number of halogens is 1. The van der Waals surface area contributed by atoms with Gasteiger partial charge in [0.05, 0.1) is 12.2 Å². The number of hydrogen-bond donors (Lipinski definition) is 1. The molecule has 0 fully saturated rings. The maximum absolute atomic E-state index is 12.1. The number of rotatable bonds is 5. The Kier molecular flexibility index (Phi) is 4.97. The fourth-order valence-corrected chi connectivity index (χ4v) is 2.03. The number of hydrogen-bond acceptors (Lipinski definition) is 4. The van der Waals surface area contributed by atoms with Gasteiger partial charge in [0.25, 0.3) is 5.56 Å². The Morgan fingerprint density at radius 3 is 2.73 bits per heavy atom. The van der Waals surface area contributed by atoms with E-state index in [4.69, 9.17) is 11.6 Å². The summed E-state index contributed by atoms with van der Waals surface area (Å²) in [6.45, 7) is 5.97. The SMILES string of the molecule is CC(C)[C@@H](C)n1nccc1NC(=O)Cn1nc(Cl)ccc1=O. The second-order valence-electron chi connectivity index (χ2n) is 5.35. The molecule has 0 spiro atoms. The number of carbonyl (C=O) groups excluding carboxylic acids is 1. The molecule has 0 unspecified atom stereocenters. The first-order valence-corrected chi connectivity index (χ1v) is 7.33. The summed E-state index contributed by atoms with van der Waals surface area (Å²) in [6.07, 6.45) is 1.62. The highest BCUT2D eigenvalue weighted by molar-refractivity contribution is 6.29. The first-order chi connectivity index (χ1) is 10.4. The van der Waals surface area contributed by atoms with Crippen LogP contribution in [0.25, 0.3) is 0 Å². The smallest absolute Gasteiger partial charge is 0.267 e. The van der Waals surface area contributed by atoms with E-state index in [9.17, 15) is 9.59 Å². The van der Waals surface area contributed by atoms with E-state index in [-0.39, 0.29) is 29.2 Å². The molecule has 0 aromatic carbocycles. The Hall–Kier alpha value is -2.15. The number of nitrogens with zero attached hydrogens (tertiary/aromatic N) is 4. The molecule has 8 heteroatoms. The molecule has 0 radical (unpaired) electrons. The molecule has 1 atom stereocenters. The van der Waals surface area contributed by atoms with E-state index in [1.807, 2.05) is 6.92 Å². The van der Waals surface area contributed by atoms with E-state index in [1.54, 1.807) is 16.9 Å². The molecule has 0 bridgehead atoms. The largest absolute Gasteiger partial charge is 0.309 e. The van der Waals surface area contributed by atoms with Crippen LogP contribution in [0.4, 0.5) is 5.82 Å². The predicted molar refractivity (Wildman–Crippen MR) is 83.9 cm³/mol. The van der Waals surface area contributed by atoms with Crippen LogP contribution in [0.2, 0.25) is 5.15 Å². The maximum Gasteiger partial charge on any atom is 0.267 e. The second-order valence-corrected chi connectivity index (χ2v) is 5.73. The maximum atomic E-state index is 12.1. The summed E-state index contributed by atoms with van der Waals surface area (Å²) in [5.41, 5.74) is -0.386. The van der Waals surface area contributed by atoms with Crippen molar-refractivity contribution in [3.8, 4) is 0 Å². The quantitative estimate of drug-likeness (QED) is 0.911. The summed E-state index contributed by atoms with van der Waals surface area (Å²) in [4.78, 5) is 23.7. The second kappa shape index (κ2) is 6.74. The third-order valence-electron chi connectivity index (χ3n) is 3.42. The van der Waals surface area contributed by atoms with E-state index in [0.717, 1.165) is 4.68 Å². The molecular weight excluding hydrogens is 306 g/mol. The van der Waals surface area contributed by atoms with Crippen LogP contribution >= 0.6 is 11.6 Å². The van der Waals surface area contributed by atoms with Crippen molar-refractivity contribution in [1.82, 2.24) is 19.6 Å². The van der Waals surface area contributed by atoms with Crippen molar-refractivity contribution in [3.05, 3.63) is 39.9 Å². The highest BCUT2D eigenvalue weighted by Gasteiger charge is 2.15. The van der Waals surface area contributed by atoms with E-state index in [1.165, 1.54) is 12.1 Å². The highest BCUT2D eigenvalue weighted by atomic mass is 35.5. The average molecular weight is 324 g/mol. The van der Waals surface area contributed by atoms with E-state index < -0.39 is 0 Å². The van der Waals surface area contributed by atoms with Crippen LogP contribution in [0.1, 0.15) is 26.8 Å². The lowest BCUT2D eigenvalue weighted by atomic mass is 10.1. The molecule has 2 aromatic heterocycles. The third-order valence-corrected chi connectivity index (χ3v) is 3.62. The van der Waals surface area contributed by atoms with Crippen LogP contribution in [-0.2, 0) is 11.3 Å². The van der Waals surface area contributed by atoms with Gasteiger partial charge in [-0.05, 0) is 18.9 Å². The zero-order valence-corrected chi connectivity index (χ0v) is 13.4. The molecule has 2 rings (SSSR count). The van der Waals surface area contributed by atoms with Crippen molar-refractivity contribution >= 4 is 23.3 Å². The van der Waals surface area contributed by atoms with Gasteiger partial charge in [0.2, 0.25) is 5.91 Å². The summed E-state index contributed by atoms with van der Waals surface area (Å²) >= 11 is 5.73. The lowest BCUT2D eigenvalue weighted by Gasteiger charge is -2.19. The first-order valence-electron chi connectivity index (χ1n) is 6.95. The van der Waals surface area contributed by atoms with E-state index in [2.05, 4.69) is 29.4 Å². The van der Waals surface area contributed by atoms with Gasteiger partial charge in [-0.1, -0.05) is 25.4 Å². The Balaban J connectivity index is 2.12. The molecule has 2 heterocycles. The fraction of sp³-hybridized carbons (Fsp3) is 0.429. The first kappa shape index (κ1) is 16.2. The number of anilines is 1. The minimum absolute atomic E-state index is 0.136. The Morgan fingerprint density at radius 2 is 2.05 bits per heavy atom. The number of nitrogens with one attached hydrogen (secondary N) is 1. The Morgan fingerprint density at radius 1 is 1.32 bits per heavy atom. The van der Waals surface area contributed by atoms with Gasteiger partial charge in [0, 0.05) is 12.1 Å². The van der Waals surface area contributed by atoms with Crippen LogP contribution in [0.5, 0.6) is 0 Å². The third kappa shape index (κ3) is 3.73. The molecule has 1 N–H and O–H groups in total. The summed E-state index contributed by atoms with van der Waals surface area (Å²) < 4.78 is 2.76. The van der Waals surface area contributed by atoms with Crippen LogP contribution in [0, 0.1) is 5.92 Å². The molecule has 118 valence electrons. The monoisotopic (exact) mass is 323 g/mol. The Bertz CT molecular complexity index is 722. The summed E-state index contributed by atoms with van der Waals surface area (Å²) in [7, 11) is 0. The minimum Gasteiger partial charge on any atom is -0.309 e. The van der Waals surface area contributed by atoms with Gasteiger partial charge in [-0.2, -0.15) is 10.2 Å². The summed E-state index contributed by atoms with van der Waals surface area (Å²) in [5, 5.41) is 10.9. The van der Waals surface area contributed by atoms with Gasteiger partial charge in [-0.3, -0.25) is 9.59 Å². The topological polar surface area (TPSA) is 81.8 Å². The Labute approximate surface area is 132 Å². The molecule has 0 aliphatic rings. The van der Waals surface area contributed by atoms with E-state index in [0.29, 0.717) is 11.7 Å². The molecule has 1 amide bonds. The van der Waals surface area contributed by atoms with Crippen molar-refractivity contribution in [3.63, 3.8) is 0 Å². The van der Waals surface area contributed by atoms with Gasteiger partial charge in [-0.15, -0.1) is 0 Å². The van der Waals surface area contributed by atoms with Crippen LogP contribution in [0.15, 0.2) is 29.2 Å². The normalized spacial score (nSPS) is 12.4. The van der Waals surface area contributed by atoms with Crippen molar-refractivity contribution in [2.45, 2.75) is 33.4 Å². The molecule has 0 saturated carbocycles. The van der Waals surface area contributed by atoms with Crippen LogP contribution in [0.3, 0.4) is 0 Å². The van der Waals surface area contributed by atoms with Gasteiger partial charge in [0.15, 0.2) is 0 Å². The van der Waals surface area contributed by atoms with Crippen molar-refractivity contribution in [2.24, 2.45) is 5.92 Å². The van der Waals surface area contributed by atoms with Gasteiger partial charge in [0.1, 0.15) is 17.5 Å². The van der Waals surface area contributed by atoms with Gasteiger partial charge in [-0.25, -0.2) is 9.36 Å². The van der Waals surface area contributed by atoms with Crippen LogP contribution in [-0.4, -0.2) is 25.5 Å². The number of carbonyl (C=O) groups is 1. The molecule has 0 saturated heterocycles. The van der Waals surface area contributed by atoms with Gasteiger partial charge < -0.3 is 5.32 Å². The van der Waals surface area contributed by atoms with Gasteiger partial charge >= 0.3 is 0 Å². The van der Waals surface area contributed by atoms with Crippen LogP contribution < -0.4 is 10.9 Å². The molecule has 22 heavy (non-hydrogen) atoms. The zero-order valence-electron chi connectivity index (χ0n) is 12.7. The molecule has 2 aromatic rings. The van der Waals surface area contributed by atoms with E-state index >= 15 is 0 Å². The lowest BCUT2D eigenvalue weighted by Crippen LogP contribution is -2.30. The molecule has 0 aliphatic carbocycles. The highest BCUT2D eigenvalue weighted by Crippen LogP contribution is 2.20. The predicted octanol–water partition coefficient (Wildman–Crippen LogP) is 1.95. The zero-order chi connectivity index (χ0) is 16.3. The van der Waals surface area contributed by atoms with Crippen molar-refractivity contribution in [2.75, 3.05) is 5.32 Å². The summed E-state index contributed by atoms with van der Waals surface area (Å²) in [5.74, 6) is 0.587. The summed E-state index contributed by atoms with van der Waals surface area (Å²) in [6, 6.07) is 4.51. The fourth-order valence-electron chi connectivity index (χ4n) is 1.88. The average Bonchev–Trinajstić information content (AvgIpc) is 2.89. The number of aromatic nitrogens is 4. The standard InChI is InChI=1S/C14H18ClN5O2/c1-9(2)10(3)20-12(6-7-16-20)17-13(21)8-19-14(22)5-4-11(15)18-19/h4-7,9-10H,8H2,1-3H3,(H,17,21)/t10-/m1/s1. The minimum atomic E-state index is -0.386. The molecule has 7 nitrogen and oxygen atoms in total. The molecular formula is C14H18ClN5O2. The van der Waals surface area contributed by atoms with Crippen molar-refractivity contribution in [1.29, 1.82) is 0 Å². The van der Waals surface area contributed by atoms with Crippen molar-refractivity contribution < 1.29 is 4.79 Å². The number of amides is 1. The molecule has 0 aliphatic heterocycles.